The lowest BCUT2D eigenvalue weighted by Gasteiger charge is -2.03. The van der Waals surface area contributed by atoms with Gasteiger partial charge in [-0.05, 0) is 49.2 Å². The van der Waals surface area contributed by atoms with Crippen LogP contribution in [0, 0.1) is 13.8 Å². The quantitative estimate of drug-likeness (QED) is 0.483. The molecule has 2 rings (SSSR count). The van der Waals surface area contributed by atoms with Crippen molar-refractivity contribution in [1.82, 2.24) is 0 Å². The summed E-state index contributed by atoms with van der Waals surface area (Å²) < 4.78 is 0. The van der Waals surface area contributed by atoms with Crippen LogP contribution in [0.4, 0.5) is 17.1 Å². The second-order valence-corrected chi connectivity index (χ2v) is 5.49. The molecule has 0 spiro atoms. The summed E-state index contributed by atoms with van der Waals surface area (Å²) in [7, 11) is 0. The fourth-order valence-electron chi connectivity index (χ4n) is 1.40. The number of halogens is 3. The molecular formula is C14H16Cl3N3. The Morgan fingerprint density at radius 2 is 1.15 bits per heavy atom. The van der Waals surface area contributed by atoms with Gasteiger partial charge >= 0.3 is 0 Å². The smallest absolute Gasteiger partial charge is 0.0836 e. The molecular weight excluding hydrogens is 317 g/mol. The van der Waals surface area contributed by atoms with Gasteiger partial charge in [0.25, 0.3) is 0 Å². The first-order chi connectivity index (χ1) is 9.23. The van der Waals surface area contributed by atoms with E-state index in [0.29, 0.717) is 20.8 Å². The fourth-order valence-corrected chi connectivity index (χ4v) is 1.94. The Kier molecular flexibility index (Phi) is 5.81. The molecule has 0 aliphatic heterocycles. The van der Waals surface area contributed by atoms with Gasteiger partial charge in [-0.3, -0.25) is 0 Å². The summed E-state index contributed by atoms with van der Waals surface area (Å²) in [5.74, 6) is 0. The van der Waals surface area contributed by atoms with E-state index in [1.165, 1.54) is 0 Å². The van der Waals surface area contributed by atoms with Crippen LogP contribution in [0.3, 0.4) is 0 Å². The molecule has 0 heterocycles. The third-order valence-corrected chi connectivity index (χ3v) is 4.03. The highest BCUT2D eigenvalue weighted by Gasteiger charge is 2.04. The van der Waals surface area contributed by atoms with Gasteiger partial charge in [-0.25, -0.2) is 0 Å². The minimum atomic E-state index is 0.309. The van der Waals surface area contributed by atoms with Crippen molar-refractivity contribution < 1.29 is 0 Å². The maximum absolute atomic E-state index is 5.64. The van der Waals surface area contributed by atoms with Gasteiger partial charge in [0.05, 0.1) is 20.8 Å². The highest BCUT2D eigenvalue weighted by atomic mass is 35.5. The first kappa shape index (κ1) is 16.8. The van der Waals surface area contributed by atoms with Gasteiger partial charge in [0, 0.05) is 11.4 Å². The molecule has 0 fully saturated rings. The van der Waals surface area contributed by atoms with E-state index in [1.54, 1.807) is 12.1 Å². The second-order valence-electron chi connectivity index (χ2n) is 4.33. The van der Waals surface area contributed by atoms with E-state index in [-0.39, 0.29) is 0 Å². The first-order valence-electron chi connectivity index (χ1n) is 5.75. The van der Waals surface area contributed by atoms with E-state index in [1.807, 2.05) is 26.0 Å². The van der Waals surface area contributed by atoms with E-state index in [4.69, 9.17) is 52.0 Å². The third-order valence-electron chi connectivity index (χ3n) is 2.72. The Morgan fingerprint density at radius 1 is 0.700 bits per heavy atom. The van der Waals surface area contributed by atoms with Crippen LogP contribution < -0.4 is 17.2 Å². The molecule has 0 aromatic heterocycles. The summed E-state index contributed by atoms with van der Waals surface area (Å²) in [6, 6.07) is 7.00. The molecule has 0 saturated carbocycles. The Balaban J connectivity index is 0.000000200. The lowest BCUT2D eigenvalue weighted by atomic mass is 10.1. The van der Waals surface area contributed by atoms with Crippen LogP contribution in [0.15, 0.2) is 24.3 Å². The van der Waals surface area contributed by atoms with Crippen molar-refractivity contribution in [2.45, 2.75) is 13.8 Å². The lowest BCUT2D eigenvalue weighted by molar-refractivity contribution is 1.40. The van der Waals surface area contributed by atoms with Crippen LogP contribution >= 0.6 is 34.8 Å². The van der Waals surface area contributed by atoms with E-state index in [9.17, 15) is 0 Å². The van der Waals surface area contributed by atoms with Gasteiger partial charge in [-0.2, -0.15) is 0 Å². The van der Waals surface area contributed by atoms with Crippen molar-refractivity contribution in [3.8, 4) is 0 Å². The van der Waals surface area contributed by atoms with Gasteiger partial charge in [0.2, 0.25) is 0 Å². The van der Waals surface area contributed by atoms with Crippen molar-refractivity contribution in [3.63, 3.8) is 0 Å². The van der Waals surface area contributed by atoms with Gasteiger partial charge in [-0.1, -0.05) is 34.8 Å². The minimum Gasteiger partial charge on any atom is -0.399 e. The molecule has 0 saturated heterocycles. The molecule has 0 aliphatic rings. The third kappa shape index (κ3) is 4.10. The monoisotopic (exact) mass is 331 g/mol. The number of aryl methyl sites for hydroxylation is 2. The molecule has 20 heavy (non-hydrogen) atoms. The average molecular weight is 333 g/mol. The molecule has 0 unspecified atom stereocenters. The van der Waals surface area contributed by atoms with Crippen molar-refractivity contribution in [3.05, 3.63) is 50.5 Å². The van der Waals surface area contributed by atoms with Crippen LogP contribution in [0.1, 0.15) is 11.1 Å². The maximum atomic E-state index is 5.64. The SMILES string of the molecule is Cc1cc(N)c(C)cc1N.Nc1ccc(Cl)c(Cl)c1Cl. The van der Waals surface area contributed by atoms with Crippen molar-refractivity contribution in [2.75, 3.05) is 17.2 Å². The molecule has 0 bridgehead atoms. The van der Waals surface area contributed by atoms with Gasteiger partial charge in [-0.15, -0.1) is 0 Å². The predicted molar refractivity (Wildman–Crippen MR) is 90.6 cm³/mol. The number of anilines is 3. The number of nitrogens with two attached hydrogens (primary N) is 3. The summed E-state index contributed by atoms with van der Waals surface area (Å²) in [6.07, 6.45) is 0. The molecule has 0 aliphatic carbocycles. The Morgan fingerprint density at radius 3 is 1.55 bits per heavy atom. The molecule has 2 aromatic rings. The van der Waals surface area contributed by atoms with Gasteiger partial charge in [0.1, 0.15) is 0 Å². The zero-order chi connectivity index (χ0) is 15.4. The zero-order valence-electron chi connectivity index (χ0n) is 11.2. The van der Waals surface area contributed by atoms with Crippen LogP contribution in [-0.2, 0) is 0 Å². The summed E-state index contributed by atoms with van der Waals surface area (Å²) >= 11 is 16.9. The fraction of sp³-hybridized carbons (Fsp3) is 0.143. The number of hydrogen-bond acceptors (Lipinski definition) is 3. The number of nitrogen functional groups attached to an aromatic ring is 3. The largest absolute Gasteiger partial charge is 0.399 e. The lowest BCUT2D eigenvalue weighted by Crippen LogP contribution is -1.95. The molecule has 6 N–H and O–H groups in total. The number of rotatable bonds is 0. The van der Waals surface area contributed by atoms with Crippen molar-refractivity contribution in [1.29, 1.82) is 0 Å². The van der Waals surface area contributed by atoms with Crippen LogP contribution in [0.25, 0.3) is 0 Å². The van der Waals surface area contributed by atoms with E-state index in [0.717, 1.165) is 22.5 Å². The van der Waals surface area contributed by atoms with Gasteiger partial charge < -0.3 is 17.2 Å². The maximum Gasteiger partial charge on any atom is 0.0836 e. The molecule has 3 nitrogen and oxygen atoms in total. The second kappa shape index (κ2) is 6.93. The Labute approximate surface area is 133 Å². The minimum absolute atomic E-state index is 0.309. The van der Waals surface area contributed by atoms with Crippen molar-refractivity contribution in [2.24, 2.45) is 0 Å². The molecule has 6 heteroatoms. The highest BCUT2D eigenvalue weighted by molar-refractivity contribution is 6.49. The van der Waals surface area contributed by atoms with Gasteiger partial charge in [0.15, 0.2) is 0 Å². The average Bonchev–Trinajstić information content (AvgIpc) is 2.39. The molecule has 0 amide bonds. The Hall–Kier alpha value is -1.29. The summed E-state index contributed by atoms with van der Waals surface area (Å²) in [5.41, 5.74) is 20.8. The number of hydrogen-bond donors (Lipinski definition) is 3. The van der Waals surface area contributed by atoms with E-state index >= 15 is 0 Å². The zero-order valence-corrected chi connectivity index (χ0v) is 13.4. The van der Waals surface area contributed by atoms with Crippen LogP contribution in [-0.4, -0.2) is 0 Å². The van der Waals surface area contributed by atoms with Crippen LogP contribution in [0.2, 0.25) is 15.1 Å². The summed E-state index contributed by atoms with van der Waals surface area (Å²) in [4.78, 5) is 0. The molecule has 0 radical (unpaired) electrons. The highest BCUT2D eigenvalue weighted by Crippen LogP contribution is 2.33. The topological polar surface area (TPSA) is 78.1 Å². The predicted octanol–water partition coefficient (Wildman–Crippen LogP) is 4.70. The molecule has 108 valence electrons. The molecule has 2 aromatic carbocycles. The normalized spacial score (nSPS) is 9.85. The summed E-state index contributed by atoms with van der Waals surface area (Å²) in [5, 5.41) is 1.04. The summed E-state index contributed by atoms with van der Waals surface area (Å²) in [6.45, 7) is 3.90. The Bertz CT molecular complexity index is 550. The van der Waals surface area contributed by atoms with Crippen LogP contribution in [0.5, 0.6) is 0 Å². The number of benzene rings is 2. The van der Waals surface area contributed by atoms with E-state index in [2.05, 4.69) is 0 Å². The standard InChI is InChI=1S/C8H12N2.C6H4Cl3N/c1-5-3-8(10)6(2)4-7(5)9;7-3-1-2-4(10)6(9)5(3)8/h3-4H,9-10H2,1-2H3;1-2H,10H2. The first-order valence-corrected chi connectivity index (χ1v) is 6.88. The molecule has 0 atom stereocenters. The van der Waals surface area contributed by atoms with E-state index < -0.39 is 0 Å². The van der Waals surface area contributed by atoms with Crippen molar-refractivity contribution >= 4 is 51.9 Å².